The fourth-order valence-electron chi connectivity index (χ4n) is 1.74. The van der Waals surface area contributed by atoms with Gasteiger partial charge in [-0.15, -0.1) is 0 Å². The van der Waals surface area contributed by atoms with Crippen molar-refractivity contribution in [2.24, 2.45) is 0 Å². The quantitative estimate of drug-likeness (QED) is 0.719. The van der Waals surface area contributed by atoms with Crippen molar-refractivity contribution >= 4 is 11.4 Å². The highest BCUT2D eigenvalue weighted by molar-refractivity contribution is 5.62. The van der Waals surface area contributed by atoms with Gasteiger partial charge in [0.1, 0.15) is 5.82 Å². The van der Waals surface area contributed by atoms with Gasteiger partial charge in [0, 0.05) is 18.4 Å². The molecule has 100 valence electrons. The lowest BCUT2D eigenvalue weighted by Gasteiger charge is -2.20. The van der Waals surface area contributed by atoms with Gasteiger partial charge >= 0.3 is 6.18 Å². The Hall–Kier alpha value is -2.04. The Morgan fingerprint density at radius 3 is 2.05 bits per heavy atom. The number of anilines is 2. The topological polar surface area (TPSA) is 3.24 Å². The van der Waals surface area contributed by atoms with Crippen LogP contribution < -0.4 is 4.90 Å². The van der Waals surface area contributed by atoms with Crippen LogP contribution in [0, 0.1) is 5.82 Å². The van der Waals surface area contributed by atoms with E-state index in [2.05, 4.69) is 0 Å². The van der Waals surface area contributed by atoms with Crippen LogP contribution in [0.5, 0.6) is 0 Å². The van der Waals surface area contributed by atoms with Gasteiger partial charge in [-0.25, -0.2) is 4.39 Å². The first kappa shape index (κ1) is 13.4. The molecule has 0 fully saturated rings. The van der Waals surface area contributed by atoms with E-state index in [1.165, 1.54) is 6.07 Å². The van der Waals surface area contributed by atoms with E-state index in [0.717, 1.165) is 17.8 Å². The van der Waals surface area contributed by atoms with Crippen LogP contribution in [0.25, 0.3) is 0 Å². The monoisotopic (exact) mass is 269 g/mol. The molecule has 0 heterocycles. The molecule has 0 atom stereocenters. The summed E-state index contributed by atoms with van der Waals surface area (Å²) in [7, 11) is 1.66. The molecule has 0 aliphatic rings. The Bertz CT molecular complexity index is 563. The van der Waals surface area contributed by atoms with Crippen molar-refractivity contribution in [1.29, 1.82) is 0 Å². The van der Waals surface area contributed by atoms with Gasteiger partial charge in [0.2, 0.25) is 0 Å². The molecule has 0 amide bonds. The first-order valence-electron chi connectivity index (χ1n) is 5.55. The SMILES string of the molecule is CN(c1ccccc1)c1ccc(C(F)(F)F)c(F)c1. The van der Waals surface area contributed by atoms with Crippen LogP contribution >= 0.6 is 0 Å². The number of nitrogens with zero attached hydrogens (tertiary/aromatic N) is 1. The summed E-state index contributed by atoms with van der Waals surface area (Å²) in [5, 5.41) is 0. The first-order valence-corrected chi connectivity index (χ1v) is 5.55. The molecule has 0 saturated carbocycles. The van der Waals surface area contributed by atoms with Crippen LogP contribution in [0.15, 0.2) is 48.5 Å². The molecule has 2 aromatic carbocycles. The third-order valence-corrected chi connectivity index (χ3v) is 2.79. The first-order chi connectivity index (χ1) is 8.89. The van der Waals surface area contributed by atoms with Crippen molar-refractivity contribution in [1.82, 2.24) is 0 Å². The van der Waals surface area contributed by atoms with Crippen LogP contribution in [0.4, 0.5) is 28.9 Å². The summed E-state index contributed by atoms with van der Waals surface area (Å²) in [6.45, 7) is 0. The van der Waals surface area contributed by atoms with Crippen LogP contribution in [0.3, 0.4) is 0 Å². The highest BCUT2D eigenvalue weighted by Crippen LogP contribution is 2.34. The lowest BCUT2D eigenvalue weighted by molar-refractivity contribution is -0.139. The van der Waals surface area contributed by atoms with Gasteiger partial charge in [0.25, 0.3) is 0 Å². The molecule has 19 heavy (non-hydrogen) atoms. The minimum Gasteiger partial charge on any atom is -0.345 e. The fraction of sp³-hybridized carbons (Fsp3) is 0.143. The highest BCUT2D eigenvalue weighted by Gasteiger charge is 2.34. The zero-order valence-corrected chi connectivity index (χ0v) is 10.1. The van der Waals surface area contributed by atoms with Crippen molar-refractivity contribution in [3.8, 4) is 0 Å². The number of hydrogen-bond acceptors (Lipinski definition) is 1. The van der Waals surface area contributed by atoms with Gasteiger partial charge in [-0.2, -0.15) is 13.2 Å². The molecular formula is C14H11F4N. The van der Waals surface area contributed by atoms with Crippen molar-refractivity contribution < 1.29 is 17.6 Å². The maximum atomic E-state index is 13.5. The fourth-order valence-corrected chi connectivity index (χ4v) is 1.74. The third-order valence-electron chi connectivity index (χ3n) is 2.79. The predicted octanol–water partition coefficient (Wildman–Crippen LogP) is 4.61. The minimum atomic E-state index is -4.67. The van der Waals surface area contributed by atoms with Crippen molar-refractivity contribution in [2.45, 2.75) is 6.18 Å². The Balaban J connectivity index is 2.35. The molecule has 2 aromatic rings. The smallest absolute Gasteiger partial charge is 0.345 e. The summed E-state index contributed by atoms with van der Waals surface area (Å²) < 4.78 is 50.8. The van der Waals surface area contributed by atoms with Crippen molar-refractivity contribution in [3.63, 3.8) is 0 Å². The molecule has 2 rings (SSSR count). The van der Waals surface area contributed by atoms with Gasteiger partial charge < -0.3 is 4.90 Å². The van der Waals surface area contributed by atoms with E-state index in [1.54, 1.807) is 36.2 Å². The summed E-state index contributed by atoms with van der Waals surface area (Å²) >= 11 is 0. The number of hydrogen-bond donors (Lipinski definition) is 0. The van der Waals surface area contributed by atoms with Gasteiger partial charge in [0.15, 0.2) is 0 Å². The van der Waals surface area contributed by atoms with Crippen LogP contribution in [-0.4, -0.2) is 7.05 Å². The van der Waals surface area contributed by atoms with Crippen molar-refractivity contribution in [2.75, 3.05) is 11.9 Å². The van der Waals surface area contributed by atoms with Crippen LogP contribution in [0.2, 0.25) is 0 Å². The van der Waals surface area contributed by atoms with E-state index in [0.29, 0.717) is 5.69 Å². The molecule has 0 unspecified atom stereocenters. The second-order valence-electron chi connectivity index (χ2n) is 4.06. The molecule has 5 heteroatoms. The lowest BCUT2D eigenvalue weighted by Crippen LogP contribution is -2.12. The van der Waals surface area contributed by atoms with E-state index in [1.807, 2.05) is 6.07 Å². The summed E-state index contributed by atoms with van der Waals surface area (Å²) in [6.07, 6.45) is -4.67. The molecule has 1 nitrogen and oxygen atoms in total. The van der Waals surface area contributed by atoms with Gasteiger partial charge in [0.05, 0.1) is 5.56 Å². The standard InChI is InChI=1S/C14H11F4N/c1-19(10-5-3-2-4-6-10)11-7-8-12(13(15)9-11)14(16,17)18/h2-9H,1H3. The molecule has 0 spiro atoms. The molecule has 0 bridgehead atoms. The average Bonchev–Trinajstić information content (AvgIpc) is 2.37. The van der Waals surface area contributed by atoms with E-state index >= 15 is 0 Å². The minimum absolute atomic E-state index is 0.358. The van der Waals surface area contributed by atoms with Crippen molar-refractivity contribution in [3.05, 3.63) is 59.9 Å². The molecule has 0 aliphatic heterocycles. The van der Waals surface area contributed by atoms with E-state index < -0.39 is 17.6 Å². The van der Waals surface area contributed by atoms with E-state index in [-0.39, 0.29) is 0 Å². The average molecular weight is 269 g/mol. The summed E-state index contributed by atoms with van der Waals surface area (Å²) in [5.74, 6) is -1.27. The second kappa shape index (κ2) is 4.91. The molecule has 0 radical (unpaired) electrons. The molecule has 0 N–H and O–H groups in total. The maximum Gasteiger partial charge on any atom is 0.419 e. The Labute approximate surface area is 108 Å². The normalized spacial score (nSPS) is 11.4. The number of alkyl halides is 3. The maximum absolute atomic E-state index is 13.5. The number of benzene rings is 2. The van der Waals surface area contributed by atoms with Gasteiger partial charge in [-0.1, -0.05) is 18.2 Å². The molecule has 0 aromatic heterocycles. The Kier molecular flexibility index (Phi) is 3.46. The highest BCUT2D eigenvalue weighted by atomic mass is 19.4. The molecule has 0 aliphatic carbocycles. The van der Waals surface area contributed by atoms with Crippen LogP contribution in [0.1, 0.15) is 5.56 Å². The van der Waals surface area contributed by atoms with Gasteiger partial charge in [-0.3, -0.25) is 0 Å². The van der Waals surface area contributed by atoms with E-state index in [9.17, 15) is 17.6 Å². The van der Waals surface area contributed by atoms with E-state index in [4.69, 9.17) is 0 Å². The zero-order valence-electron chi connectivity index (χ0n) is 10.1. The number of rotatable bonds is 2. The molecule has 0 saturated heterocycles. The number of halogens is 4. The lowest BCUT2D eigenvalue weighted by atomic mass is 10.1. The molecular weight excluding hydrogens is 258 g/mol. The zero-order chi connectivity index (χ0) is 14.0. The Morgan fingerprint density at radius 2 is 1.53 bits per heavy atom. The second-order valence-corrected chi connectivity index (χ2v) is 4.06. The largest absolute Gasteiger partial charge is 0.419 e. The van der Waals surface area contributed by atoms with Crippen LogP contribution in [-0.2, 0) is 6.18 Å². The predicted molar refractivity (Wildman–Crippen MR) is 65.9 cm³/mol. The Morgan fingerprint density at radius 1 is 0.895 bits per heavy atom. The third kappa shape index (κ3) is 2.86. The summed E-state index contributed by atoms with van der Waals surface area (Å²) in [4.78, 5) is 1.61. The van der Waals surface area contributed by atoms with Gasteiger partial charge in [-0.05, 0) is 30.3 Å². The summed E-state index contributed by atoms with van der Waals surface area (Å²) in [6, 6.07) is 11.9. The summed E-state index contributed by atoms with van der Waals surface area (Å²) in [5.41, 5.74) is -0.129. The number of para-hydroxylation sites is 1.